The number of aryl methyl sites for hydroxylation is 1. The number of nitrogen functional groups attached to an aromatic ring is 1. The Morgan fingerprint density at radius 1 is 1.37 bits per heavy atom. The number of benzene rings is 1. The zero-order chi connectivity index (χ0) is 13.4. The van der Waals surface area contributed by atoms with E-state index < -0.39 is 0 Å². The number of rotatable bonds is 2. The fourth-order valence-corrected chi connectivity index (χ4v) is 2.83. The molecule has 0 aliphatic rings. The predicted molar refractivity (Wildman–Crippen MR) is 77.4 cm³/mol. The Bertz CT molecular complexity index is 805. The Hall–Kier alpha value is -2.14. The van der Waals surface area contributed by atoms with Crippen LogP contribution >= 0.6 is 11.3 Å². The first kappa shape index (κ1) is 11.9. The fourth-order valence-electron chi connectivity index (χ4n) is 2.05. The molecule has 0 saturated carbocycles. The minimum atomic E-state index is -0.376. The van der Waals surface area contributed by atoms with Gasteiger partial charge in [-0.15, -0.1) is 11.3 Å². The van der Waals surface area contributed by atoms with Crippen LogP contribution in [0.3, 0.4) is 0 Å². The summed E-state index contributed by atoms with van der Waals surface area (Å²) in [6.07, 6.45) is 0.788. The summed E-state index contributed by atoms with van der Waals surface area (Å²) in [7, 11) is 0. The third-order valence-corrected chi connectivity index (χ3v) is 3.96. The third-order valence-electron chi connectivity index (χ3n) is 2.93. The van der Waals surface area contributed by atoms with Gasteiger partial charge in [0.1, 0.15) is 5.58 Å². The minimum Gasteiger partial charge on any atom is -0.422 e. The first-order valence-corrected chi connectivity index (χ1v) is 6.79. The van der Waals surface area contributed by atoms with Crippen LogP contribution in [0.15, 0.2) is 39.5 Å². The van der Waals surface area contributed by atoms with E-state index in [-0.39, 0.29) is 5.63 Å². The molecule has 19 heavy (non-hydrogen) atoms. The Balaban J connectivity index is 2.30. The number of fused-ring (bicyclic) bond motifs is 1. The van der Waals surface area contributed by atoms with Crippen molar-refractivity contribution in [3.8, 4) is 11.3 Å². The Morgan fingerprint density at radius 3 is 2.95 bits per heavy atom. The van der Waals surface area contributed by atoms with Crippen molar-refractivity contribution in [1.82, 2.24) is 4.98 Å². The Kier molecular flexibility index (Phi) is 2.83. The Morgan fingerprint density at radius 2 is 2.16 bits per heavy atom. The molecule has 0 unspecified atom stereocenters. The molecule has 0 bridgehead atoms. The monoisotopic (exact) mass is 272 g/mol. The van der Waals surface area contributed by atoms with Crippen molar-refractivity contribution in [3.05, 3.63) is 45.6 Å². The van der Waals surface area contributed by atoms with Crippen molar-refractivity contribution in [1.29, 1.82) is 0 Å². The largest absolute Gasteiger partial charge is 0.422 e. The molecule has 2 aromatic heterocycles. The molecule has 0 aliphatic heterocycles. The van der Waals surface area contributed by atoms with Gasteiger partial charge in [-0.05, 0) is 18.6 Å². The quantitative estimate of drug-likeness (QED) is 0.728. The van der Waals surface area contributed by atoms with Gasteiger partial charge >= 0.3 is 5.63 Å². The van der Waals surface area contributed by atoms with E-state index in [1.165, 1.54) is 11.3 Å². The summed E-state index contributed by atoms with van der Waals surface area (Å²) in [6.45, 7) is 2.01. The molecule has 3 aromatic rings. The molecule has 1 aromatic carbocycles. The maximum Gasteiger partial charge on any atom is 0.345 e. The lowest BCUT2D eigenvalue weighted by Crippen LogP contribution is -2.04. The maximum atomic E-state index is 12.1. The number of anilines is 1. The number of nitrogens with zero attached hydrogens (tertiary/aromatic N) is 1. The lowest BCUT2D eigenvalue weighted by molar-refractivity contribution is 0.563. The molecule has 5 heteroatoms. The van der Waals surface area contributed by atoms with Crippen molar-refractivity contribution >= 4 is 27.4 Å². The molecule has 0 spiro atoms. The summed E-state index contributed by atoms with van der Waals surface area (Å²) in [6, 6.07) is 9.24. The van der Waals surface area contributed by atoms with Crippen LogP contribution in [0.2, 0.25) is 0 Å². The highest BCUT2D eigenvalue weighted by atomic mass is 32.1. The zero-order valence-corrected chi connectivity index (χ0v) is 11.2. The maximum absolute atomic E-state index is 12.1. The Labute approximate surface area is 113 Å². The van der Waals surface area contributed by atoms with Crippen LogP contribution in [0.25, 0.3) is 22.2 Å². The highest BCUT2D eigenvalue weighted by molar-refractivity contribution is 7.15. The van der Waals surface area contributed by atoms with Gasteiger partial charge in [0.2, 0.25) is 0 Å². The van der Waals surface area contributed by atoms with Gasteiger partial charge in [0.15, 0.2) is 5.13 Å². The van der Waals surface area contributed by atoms with Crippen molar-refractivity contribution in [2.75, 3.05) is 5.73 Å². The molecule has 3 rings (SSSR count). The third kappa shape index (κ3) is 2.02. The first-order valence-electron chi connectivity index (χ1n) is 5.97. The van der Waals surface area contributed by atoms with Gasteiger partial charge in [-0.2, -0.15) is 0 Å². The van der Waals surface area contributed by atoms with Crippen LogP contribution in [-0.2, 0) is 6.42 Å². The molecular weight excluding hydrogens is 260 g/mol. The summed E-state index contributed by atoms with van der Waals surface area (Å²) in [4.78, 5) is 17.3. The standard InChI is InChI=1S/C14H12N2O2S/c1-2-11-12(16-14(15)19-11)9-7-8-5-3-4-6-10(8)18-13(9)17/h3-7H,2H2,1H3,(H2,15,16). The van der Waals surface area contributed by atoms with Crippen LogP contribution in [0.4, 0.5) is 5.13 Å². The van der Waals surface area contributed by atoms with E-state index in [1.807, 2.05) is 31.2 Å². The summed E-state index contributed by atoms with van der Waals surface area (Å²) in [5, 5.41) is 1.35. The average molecular weight is 272 g/mol. The number of hydrogen-bond donors (Lipinski definition) is 1. The summed E-state index contributed by atoms with van der Waals surface area (Å²) >= 11 is 1.41. The molecule has 96 valence electrons. The van der Waals surface area contributed by atoms with E-state index >= 15 is 0 Å². The second-order valence-corrected chi connectivity index (χ2v) is 5.28. The highest BCUT2D eigenvalue weighted by Gasteiger charge is 2.15. The van der Waals surface area contributed by atoms with E-state index in [4.69, 9.17) is 10.2 Å². The van der Waals surface area contributed by atoms with Crippen molar-refractivity contribution in [3.63, 3.8) is 0 Å². The van der Waals surface area contributed by atoms with Crippen LogP contribution in [0, 0.1) is 0 Å². The second-order valence-electron chi connectivity index (χ2n) is 4.16. The number of aromatic nitrogens is 1. The van der Waals surface area contributed by atoms with E-state index in [2.05, 4.69) is 4.98 Å². The highest BCUT2D eigenvalue weighted by Crippen LogP contribution is 2.29. The fraction of sp³-hybridized carbons (Fsp3) is 0.143. The van der Waals surface area contributed by atoms with Crippen molar-refractivity contribution in [2.24, 2.45) is 0 Å². The summed E-state index contributed by atoms with van der Waals surface area (Å²) in [5.41, 5.74) is 7.05. The van der Waals surface area contributed by atoms with E-state index in [0.29, 0.717) is 22.0 Å². The van der Waals surface area contributed by atoms with Gasteiger partial charge in [0, 0.05) is 10.3 Å². The van der Waals surface area contributed by atoms with E-state index in [0.717, 1.165) is 16.7 Å². The van der Waals surface area contributed by atoms with E-state index in [9.17, 15) is 4.79 Å². The topological polar surface area (TPSA) is 69.1 Å². The van der Waals surface area contributed by atoms with Crippen LogP contribution in [0.1, 0.15) is 11.8 Å². The average Bonchev–Trinajstić information content (AvgIpc) is 2.79. The lowest BCUT2D eigenvalue weighted by Gasteiger charge is -2.01. The minimum absolute atomic E-state index is 0.376. The molecule has 2 heterocycles. The van der Waals surface area contributed by atoms with Gasteiger partial charge in [-0.1, -0.05) is 25.1 Å². The number of thiazole rings is 1. The molecule has 4 nitrogen and oxygen atoms in total. The normalized spacial score (nSPS) is 11.0. The molecule has 0 amide bonds. The number of nitrogens with two attached hydrogens (primary N) is 1. The molecule has 0 saturated heterocycles. The lowest BCUT2D eigenvalue weighted by atomic mass is 10.1. The van der Waals surface area contributed by atoms with Crippen molar-refractivity contribution in [2.45, 2.75) is 13.3 Å². The summed E-state index contributed by atoms with van der Waals surface area (Å²) in [5.74, 6) is 0. The molecule has 2 N–H and O–H groups in total. The number of hydrogen-bond acceptors (Lipinski definition) is 5. The van der Waals surface area contributed by atoms with Crippen LogP contribution in [0.5, 0.6) is 0 Å². The van der Waals surface area contributed by atoms with Gasteiger partial charge < -0.3 is 10.2 Å². The second kappa shape index (κ2) is 4.51. The van der Waals surface area contributed by atoms with E-state index in [1.54, 1.807) is 6.07 Å². The van der Waals surface area contributed by atoms with Crippen LogP contribution in [-0.4, -0.2) is 4.98 Å². The molecule has 0 aliphatic carbocycles. The zero-order valence-electron chi connectivity index (χ0n) is 10.3. The molecule has 0 radical (unpaired) electrons. The van der Waals surface area contributed by atoms with Crippen LogP contribution < -0.4 is 11.4 Å². The van der Waals surface area contributed by atoms with Gasteiger partial charge in [0.25, 0.3) is 0 Å². The van der Waals surface area contributed by atoms with Gasteiger partial charge in [0.05, 0.1) is 11.3 Å². The SMILES string of the molecule is CCc1sc(N)nc1-c1cc2ccccc2oc1=O. The van der Waals surface area contributed by atoms with Gasteiger partial charge in [-0.25, -0.2) is 9.78 Å². The van der Waals surface area contributed by atoms with Crippen molar-refractivity contribution < 1.29 is 4.42 Å². The first-order chi connectivity index (χ1) is 9.19. The predicted octanol–water partition coefficient (Wildman–Crippen LogP) is 3.06. The molecular formula is C14H12N2O2S. The molecule has 0 fully saturated rings. The van der Waals surface area contributed by atoms with Gasteiger partial charge in [-0.3, -0.25) is 0 Å². The molecule has 0 atom stereocenters. The number of para-hydroxylation sites is 1. The smallest absolute Gasteiger partial charge is 0.345 e. The summed E-state index contributed by atoms with van der Waals surface area (Å²) < 4.78 is 5.32.